The lowest BCUT2D eigenvalue weighted by atomic mass is 9.88. The van der Waals surface area contributed by atoms with Crippen molar-refractivity contribution in [1.82, 2.24) is 15.5 Å². The van der Waals surface area contributed by atoms with Crippen LogP contribution in [0.3, 0.4) is 0 Å². The lowest BCUT2D eigenvalue weighted by Gasteiger charge is -2.25. The first kappa shape index (κ1) is 13.1. The molecular formula is C15H19N3O2. The molecule has 1 aromatic carbocycles. The molecule has 106 valence electrons. The van der Waals surface area contributed by atoms with Crippen molar-refractivity contribution >= 4 is 0 Å². The fourth-order valence-corrected chi connectivity index (χ4v) is 2.73. The summed E-state index contributed by atoms with van der Waals surface area (Å²) in [6, 6.07) is 6.90. The number of hydrogen-bond acceptors (Lipinski definition) is 5. The highest BCUT2D eigenvalue weighted by molar-refractivity contribution is 5.37. The number of ether oxygens (including phenoxy) is 1. The molecule has 0 fully saturated rings. The van der Waals surface area contributed by atoms with Gasteiger partial charge in [-0.1, -0.05) is 11.2 Å². The minimum absolute atomic E-state index is 0.515. The van der Waals surface area contributed by atoms with Gasteiger partial charge in [0.25, 0.3) is 0 Å². The zero-order valence-corrected chi connectivity index (χ0v) is 11.6. The molecule has 1 N–H and O–H groups in total. The van der Waals surface area contributed by atoms with E-state index in [0.717, 1.165) is 37.4 Å². The Morgan fingerprint density at radius 1 is 1.40 bits per heavy atom. The SMILES string of the molecule is COc1ccc2c(c1)CC(NCCc1ncon1)CC2. The van der Waals surface area contributed by atoms with Crippen molar-refractivity contribution < 1.29 is 9.26 Å². The van der Waals surface area contributed by atoms with Crippen LogP contribution in [0.2, 0.25) is 0 Å². The van der Waals surface area contributed by atoms with Gasteiger partial charge in [0, 0.05) is 19.0 Å². The number of methoxy groups -OCH3 is 1. The maximum atomic E-state index is 5.30. The first-order chi connectivity index (χ1) is 9.85. The quantitative estimate of drug-likeness (QED) is 0.899. The number of fused-ring (bicyclic) bond motifs is 1. The normalized spacial score (nSPS) is 17.8. The van der Waals surface area contributed by atoms with E-state index in [1.54, 1.807) is 7.11 Å². The van der Waals surface area contributed by atoms with Gasteiger partial charge in [0.1, 0.15) is 5.75 Å². The molecule has 1 aromatic heterocycles. The maximum Gasteiger partial charge on any atom is 0.213 e. The second-order valence-electron chi connectivity index (χ2n) is 5.13. The Balaban J connectivity index is 1.55. The van der Waals surface area contributed by atoms with Crippen molar-refractivity contribution in [2.45, 2.75) is 31.7 Å². The van der Waals surface area contributed by atoms with Crippen LogP contribution in [0.4, 0.5) is 0 Å². The fourth-order valence-electron chi connectivity index (χ4n) is 2.73. The summed E-state index contributed by atoms with van der Waals surface area (Å²) in [7, 11) is 1.71. The van der Waals surface area contributed by atoms with E-state index in [-0.39, 0.29) is 0 Å². The molecule has 0 spiro atoms. The molecule has 1 heterocycles. The summed E-state index contributed by atoms with van der Waals surface area (Å²) in [6.45, 7) is 0.878. The molecule has 0 saturated heterocycles. The number of nitrogens with one attached hydrogen (secondary N) is 1. The van der Waals surface area contributed by atoms with Crippen LogP contribution in [-0.4, -0.2) is 29.8 Å². The molecule has 0 aliphatic heterocycles. The molecular weight excluding hydrogens is 254 g/mol. The zero-order chi connectivity index (χ0) is 13.8. The van der Waals surface area contributed by atoms with Crippen LogP contribution >= 0.6 is 0 Å². The molecule has 0 amide bonds. The summed E-state index contributed by atoms with van der Waals surface area (Å²) in [5.74, 6) is 1.70. The lowest BCUT2D eigenvalue weighted by Crippen LogP contribution is -2.35. The lowest BCUT2D eigenvalue weighted by molar-refractivity contribution is 0.404. The minimum atomic E-state index is 0.515. The standard InChI is InChI=1S/C15H19N3O2/c1-19-14-5-3-11-2-4-13(8-12(11)9-14)16-7-6-15-17-10-20-18-15/h3,5,9-10,13,16H,2,4,6-8H2,1H3. The van der Waals surface area contributed by atoms with Gasteiger partial charge in [-0.15, -0.1) is 0 Å². The zero-order valence-electron chi connectivity index (χ0n) is 11.6. The highest BCUT2D eigenvalue weighted by atomic mass is 16.5. The molecule has 5 heteroatoms. The van der Waals surface area contributed by atoms with Gasteiger partial charge in [-0.2, -0.15) is 4.98 Å². The van der Waals surface area contributed by atoms with Crippen LogP contribution in [0.5, 0.6) is 5.75 Å². The highest BCUT2D eigenvalue weighted by Gasteiger charge is 2.18. The van der Waals surface area contributed by atoms with Gasteiger partial charge >= 0.3 is 0 Å². The van der Waals surface area contributed by atoms with Crippen LogP contribution in [0.1, 0.15) is 23.4 Å². The number of benzene rings is 1. The molecule has 0 radical (unpaired) electrons. The molecule has 5 nitrogen and oxygen atoms in total. The van der Waals surface area contributed by atoms with E-state index in [2.05, 4.69) is 27.6 Å². The van der Waals surface area contributed by atoms with Crippen molar-refractivity contribution in [1.29, 1.82) is 0 Å². The van der Waals surface area contributed by atoms with Crippen molar-refractivity contribution in [2.75, 3.05) is 13.7 Å². The van der Waals surface area contributed by atoms with Gasteiger partial charge in [-0.05, 0) is 42.5 Å². The maximum absolute atomic E-state index is 5.30. The van der Waals surface area contributed by atoms with Crippen molar-refractivity contribution in [3.63, 3.8) is 0 Å². The third kappa shape index (κ3) is 2.99. The summed E-state index contributed by atoms with van der Waals surface area (Å²) in [5, 5.41) is 7.39. The van der Waals surface area contributed by atoms with Crippen molar-refractivity contribution in [2.24, 2.45) is 0 Å². The first-order valence-electron chi connectivity index (χ1n) is 6.99. The largest absolute Gasteiger partial charge is 0.497 e. The number of nitrogens with zero attached hydrogens (tertiary/aromatic N) is 2. The van der Waals surface area contributed by atoms with Gasteiger partial charge < -0.3 is 14.6 Å². The Kier molecular flexibility index (Phi) is 3.97. The van der Waals surface area contributed by atoms with E-state index < -0.39 is 0 Å². The summed E-state index contributed by atoms with van der Waals surface area (Å²) >= 11 is 0. The first-order valence-corrected chi connectivity index (χ1v) is 6.99. The minimum Gasteiger partial charge on any atom is -0.497 e. The van der Waals surface area contributed by atoms with Crippen molar-refractivity contribution in [3.8, 4) is 5.75 Å². The molecule has 1 unspecified atom stereocenters. The number of aromatic nitrogens is 2. The third-order valence-corrected chi connectivity index (χ3v) is 3.83. The van der Waals surface area contributed by atoms with E-state index in [4.69, 9.17) is 9.26 Å². The molecule has 0 saturated carbocycles. The van der Waals surface area contributed by atoms with Gasteiger partial charge in [-0.25, -0.2) is 0 Å². The average Bonchev–Trinajstić information content (AvgIpc) is 3.00. The molecule has 20 heavy (non-hydrogen) atoms. The predicted molar refractivity (Wildman–Crippen MR) is 74.8 cm³/mol. The van der Waals surface area contributed by atoms with Gasteiger partial charge in [0.2, 0.25) is 6.39 Å². The van der Waals surface area contributed by atoms with Crippen LogP contribution in [-0.2, 0) is 19.3 Å². The van der Waals surface area contributed by atoms with E-state index in [9.17, 15) is 0 Å². The highest BCUT2D eigenvalue weighted by Crippen LogP contribution is 2.25. The Hall–Kier alpha value is -1.88. The molecule has 1 atom stereocenters. The molecule has 1 aliphatic rings. The van der Waals surface area contributed by atoms with E-state index in [1.807, 2.05) is 6.07 Å². The van der Waals surface area contributed by atoms with E-state index >= 15 is 0 Å². The third-order valence-electron chi connectivity index (χ3n) is 3.83. The Bertz CT molecular complexity index is 554. The monoisotopic (exact) mass is 273 g/mol. The topological polar surface area (TPSA) is 60.2 Å². The second kappa shape index (κ2) is 6.05. The van der Waals surface area contributed by atoms with Gasteiger partial charge in [0.15, 0.2) is 5.82 Å². The summed E-state index contributed by atoms with van der Waals surface area (Å²) in [6.07, 6.45) is 5.53. The summed E-state index contributed by atoms with van der Waals surface area (Å²) in [4.78, 5) is 4.02. The smallest absolute Gasteiger partial charge is 0.213 e. The van der Waals surface area contributed by atoms with Gasteiger partial charge in [-0.3, -0.25) is 0 Å². The molecule has 3 rings (SSSR count). The van der Waals surface area contributed by atoms with Crippen molar-refractivity contribution in [3.05, 3.63) is 41.5 Å². The van der Waals surface area contributed by atoms with E-state index in [0.29, 0.717) is 6.04 Å². The molecule has 1 aliphatic carbocycles. The Morgan fingerprint density at radius 3 is 3.15 bits per heavy atom. The molecule has 0 bridgehead atoms. The summed E-state index contributed by atoms with van der Waals surface area (Å²) < 4.78 is 10.0. The van der Waals surface area contributed by atoms with Crippen LogP contribution in [0, 0.1) is 0 Å². The fraction of sp³-hybridized carbons (Fsp3) is 0.467. The average molecular weight is 273 g/mol. The predicted octanol–water partition coefficient (Wildman–Crippen LogP) is 1.77. The number of rotatable bonds is 5. The number of hydrogen-bond donors (Lipinski definition) is 1. The number of aryl methyl sites for hydroxylation is 1. The van der Waals surface area contributed by atoms with Gasteiger partial charge in [0.05, 0.1) is 7.11 Å². The Morgan fingerprint density at radius 2 is 2.35 bits per heavy atom. The molecule has 2 aromatic rings. The van der Waals surface area contributed by atoms with Crippen LogP contribution in [0.25, 0.3) is 0 Å². The summed E-state index contributed by atoms with van der Waals surface area (Å²) in [5.41, 5.74) is 2.84. The second-order valence-corrected chi connectivity index (χ2v) is 5.13. The van der Waals surface area contributed by atoms with Crippen LogP contribution in [0.15, 0.2) is 29.1 Å². The van der Waals surface area contributed by atoms with Crippen LogP contribution < -0.4 is 10.1 Å². The van der Waals surface area contributed by atoms with E-state index in [1.165, 1.54) is 23.9 Å². The Labute approximate surface area is 118 Å².